The maximum atomic E-state index is 11.7. The van der Waals surface area contributed by atoms with E-state index >= 15 is 0 Å². The molecule has 1 aromatic rings. The van der Waals surface area contributed by atoms with E-state index in [1.165, 1.54) is 16.8 Å². The van der Waals surface area contributed by atoms with Gasteiger partial charge in [0.1, 0.15) is 0 Å². The van der Waals surface area contributed by atoms with Crippen LogP contribution in [0.2, 0.25) is 0 Å². The fourth-order valence-corrected chi connectivity index (χ4v) is 2.28. The molecule has 0 spiro atoms. The van der Waals surface area contributed by atoms with E-state index in [-0.39, 0.29) is 6.03 Å². The van der Waals surface area contributed by atoms with Crippen LogP contribution < -0.4 is 16.0 Å². The summed E-state index contributed by atoms with van der Waals surface area (Å²) in [6.07, 6.45) is 2.25. The summed E-state index contributed by atoms with van der Waals surface area (Å²) >= 11 is 0. The molecular formula is C15H23N3O. The number of anilines is 1. The number of hydrogen-bond acceptors (Lipinski definition) is 2. The van der Waals surface area contributed by atoms with Crippen molar-refractivity contribution in [3.8, 4) is 0 Å². The molecule has 1 aliphatic rings. The van der Waals surface area contributed by atoms with E-state index in [4.69, 9.17) is 0 Å². The fraction of sp³-hybridized carbons (Fsp3) is 0.533. The van der Waals surface area contributed by atoms with Crippen LogP contribution in [0, 0.1) is 5.92 Å². The van der Waals surface area contributed by atoms with Crippen LogP contribution in [-0.2, 0) is 13.0 Å². The third-order valence-electron chi connectivity index (χ3n) is 3.30. The number of benzene rings is 1. The lowest BCUT2D eigenvalue weighted by Crippen LogP contribution is -2.37. The normalized spacial score (nSPS) is 13.6. The van der Waals surface area contributed by atoms with Crippen LogP contribution in [0.4, 0.5) is 10.5 Å². The van der Waals surface area contributed by atoms with Gasteiger partial charge in [-0.15, -0.1) is 0 Å². The smallest absolute Gasteiger partial charge is 0.315 e. The number of fused-ring (bicyclic) bond motifs is 1. The summed E-state index contributed by atoms with van der Waals surface area (Å²) in [6.45, 7) is 6.51. The van der Waals surface area contributed by atoms with Gasteiger partial charge in [0, 0.05) is 25.3 Å². The first kappa shape index (κ1) is 13.7. The maximum absolute atomic E-state index is 11.7. The lowest BCUT2D eigenvalue weighted by molar-refractivity contribution is 0.239. The van der Waals surface area contributed by atoms with Gasteiger partial charge in [0.2, 0.25) is 0 Å². The first-order chi connectivity index (χ1) is 9.16. The Hall–Kier alpha value is -1.71. The standard InChI is InChI=1S/C15H23N3O/c1-11(2)9-17-15(19)18-10-12-5-3-7-14-13(12)6-4-8-16-14/h3,5,7,11,16H,4,6,8-10H2,1-2H3,(H2,17,18,19). The van der Waals surface area contributed by atoms with Crippen molar-refractivity contribution in [3.05, 3.63) is 29.3 Å². The SMILES string of the molecule is CC(C)CNC(=O)NCc1cccc2c1CCCN2. The predicted octanol–water partition coefficient (Wildman–Crippen LogP) is 2.50. The molecule has 0 fully saturated rings. The zero-order valence-corrected chi connectivity index (χ0v) is 11.8. The van der Waals surface area contributed by atoms with Gasteiger partial charge in [0.25, 0.3) is 0 Å². The molecule has 0 aliphatic carbocycles. The molecule has 0 atom stereocenters. The predicted molar refractivity (Wildman–Crippen MR) is 78.3 cm³/mol. The second-order valence-corrected chi connectivity index (χ2v) is 5.43. The Morgan fingerprint density at radius 2 is 2.21 bits per heavy atom. The van der Waals surface area contributed by atoms with Crippen molar-refractivity contribution in [1.29, 1.82) is 0 Å². The van der Waals surface area contributed by atoms with E-state index in [2.05, 4.69) is 41.9 Å². The average Bonchev–Trinajstić information content (AvgIpc) is 2.42. The maximum Gasteiger partial charge on any atom is 0.315 e. The summed E-state index contributed by atoms with van der Waals surface area (Å²) < 4.78 is 0. The van der Waals surface area contributed by atoms with Crippen molar-refractivity contribution in [2.24, 2.45) is 5.92 Å². The van der Waals surface area contributed by atoms with E-state index in [1.54, 1.807) is 0 Å². The van der Waals surface area contributed by atoms with Crippen molar-refractivity contribution in [2.75, 3.05) is 18.4 Å². The average molecular weight is 261 g/mol. The molecule has 0 radical (unpaired) electrons. The van der Waals surface area contributed by atoms with Gasteiger partial charge in [-0.3, -0.25) is 0 Å². The van der Waals surface area contributed by atoms with Crippen LogP contribution in [-0.4, -0.2) is 19.1 Å². The highest BCUT2D eigenvalue weighted by Gasteiger charge is 2.12. The number of rotatable bonds is 4. The molecular weight excluding hydrogens is 238 g/mol. The van der Waals surface area contributed by atoms with Gasteiger partial charge in [-0.1, -0.05) is 26.0 Å². The highest BCUT2D eigenvalue weighted by atomic mass is 16.2. The van der Waals surface area contributed by atoms with Crippen molar-refractivity contribution in [1.82, 2.24) is 10.6 Å². The van der Waals surface area contributed by atoms with E-state index in [0.717, 1.165) is 19.4 Å². The summed E-state index contributed by atoms with van der Waals surface area (Å²) in [5.41, 5.74) is 3.77. The highest BCUT2D eigenvalue weighted by Crippen LogP contribution is 2.25. The first-order valence-electron chi connectivity index (χ1n) is 7.03. The molecule has 1 aliphatic heterocycles. The van der Waals surface area contributed by atoms with Crippen LogP contribution in [0.15, 0.2) is 18.2 Å². The Labute approximate surface area is 115 Å². The topological polar surface area (TPSA) is 53.2 Å². The Morgan fingerprint density at radius 3 is 3.00 bits per heavy atom. The highest BCUT2D eigenvalue weighted by molar-refractivity contribution is 5.74. The van der Waals surface area contributed by atoms with Crippen LogP contribution in [0.5, 0.6) is 0 Å². The van der Waals surface area contributed by atoms with Gasteiger partial charge >= 0.3 is 6.03 Å². The minimum absolute atomic E-state index is 0.0879. The zero-order chi connectivity index (χ0) is 13.7. The molecule has 0 saturated heterocycles. The number of hydrogen-bond donors (Lipinski definition) is 3. The number of amides is 2. The molecule has 19 heavy (non-hydrogen) atoms. The van der Waals surface area contributed by atoms with E-state index in [0.29, 0.717) is 19.0 Å². The van der Waals surface area contributed by atoms with Crippen molar-refractivity contribution >= 4 is 11.7 Å². The van der Waals surface area contributed by atoms with Gasteiger partial charge in [-0.2, -0.15) is 0 Å². The molecule has 4 heteroatoms. The van der Waals surface area contributed by atoms with E-state index in [9.17, 15) is 4.79 Å². The van der Waals surface area contributed by atoms with Gasteiger partial charge < -0.3 is 16.0 Å². The quantitative estimate of drug-likeness (QED) is 0.780. The zero-order valence-electron chi connectivity index (χ0n) is 11.8. The number of carbonyl (C=O) groups excluding carboxylic acids is 1. The summed E-state index contributed by atoms with van der Waals surface area (Å²) in [4.78, 5) is 11.7. The largest absolute Gasteiger partial charge is 0.385 e. The third kappa shape index (κ3) is 3.88. The van der Waals surface area contributed by atoms with E-state index in [1.807, 2.05) is 6.07 Å². The van der Waals surface area contributed by atoms with Crippen LogP contribution in [0.3, 0.4) is 0 Å². The molecule has 104 valence electrons. The molecule has 0 bridgehead atoms. The fourth-order valence-electron chi connectivity index (χ4n) is 2.28. The van der Waals surface area contributed by atoms with Crippen molar-refractivity contribution in [2.45, 2.75) is 33.2 Å². The van der Waals surface area contributed by atoms with Crippen molar-refractivity contribution < 1.29 is 4.79 Å². The summed E-state index contributed by atoms with van der Waals surface area (Å²) in [5, 5.41) is 9.20. The number of carbonyl (C=O) groups is 1. The summed E-state index contributed by atoms with van der Waals surface area (Å²) in [7, 11) is 0. The molecule has 2 rings (SSSR count). The summed E-state index contributed by atoms with van der Waals surface area (Å²) in [5.74, 6) is 0.472. The summed E-state index contributed by atoms with van der Waals surface area (Å²) in [6, 6.07) is 6.15. The third-order valence-corrected chi connectivity index (χ3v) is 3.30. The Bertz CT molecular complexity index is 443. The molecule has 3 N–H and O–H groups in total. The van der Waals surface area contributed by atoms with Gasteiger partial charge in [0.05, 0.1) is 0 Å². The monoisotopic (exact) mass is 261 g/mol. The molecule has 1 heterocycles. The first-order valence-corrected chi connectivity index (χ1v) is 7.03. The number of nitrogens with one attached hydrogen (secondary N) is 3. The Balaban J connectivity index is 1.91. The molecule has 0 aromatic heterocycles. The van der Waals surface area contributed by atoms with Gasteiger partial charge in [-0.25, -0.2) is 4.79 Å². The molecule has 0 saturated carbocycles. The molecule has 2 amide bonds. The number of urea groups is 1. The van der Waals surface area contributed by atoms with Crippen LogP contribution in [0.1, 0.15) is 31.4 Å². The Morgan fingerprint density at radius 1 is 1.37 bits per heavy atom. The second-order valence-electron chi connectivity index (χ2n) is 5.43. The molecule has 4 nitrogen and oxygen atoms in total. The van der Waals surface area contributed by atoms with Crippen LogP contribution >= 0.6 is 0 Å². The van der Waals surface area contributed by atoms with Crippen LogP contribution in [0.25, 0.3) is 0 Å². The van der Waals surface area contributed by atoms with Gasteiger partial charge in [0.15, 0.2) is 0 Å². The lowest BCUT2D eigenvalue weighted by atomic mass is 9.97. The molecule has 0 unspecified atom stereocenters. The van der Waals surface area contributed by atoms with E-state index < -0.39 is 0 Å². The minimum Gasteiger partial charge on any atom is -0.385 e. The minimum atomic E-state index is -0.0879. The van der Waals surface area contributed by atoms with Crippen molar-refractivity contribution in [3.63, 3.8) is 0 Å². The van der Waals surface area contributed by atoms with Gasteiger partial charge in [-0.05, 0) is 36.0 Å². The lowest BCUT2D eigenvalue weighted by Gasteiger charge is -2.21. The second kappa shape index (κ2) is 6.45. The Kier molecular flexibility index (Phi) is 4.66. The molecule has 1 aromatic carbocycles.